The molecule has 20 heavy (non-hydrogen) atoms. The first-order valence-electron chi connectivity index (χ1n) is 7.02. The van der Waals surface area contributed by atoms with E-state index in [1.165, 1.54) is 31.0 Å². The normalized spacial score (nSPS) is 19.9. The Kier molecular flexibility index (Phi) is 5.38. The molecule has 0 unspecified atom stereocenters. The first kappa shape index (κ1) is 15.3. The summed E-state index contributed by atoms with van der Waals surface area (Å²) in [6.07, 6.45) is 2.47. The second kappa shape index (κ2) is 7.04. The highest BCUT2D eigenvalue weighted by Gasteiger charge is 2.18. The van der Waals surface area contributed by atoms with Gasteiger partial charge >= 0.3 is 0 Å². The highest BCUT2D eigenvalue weighted by Crippen LogP contribution is 2.18. The Balaban J connectivity index is 1.83. The quantitative estimate of drug-likeness (QED) is 0.927. The minimum Gasteiger partial charge on any atom is -0.351 e. The number of nitrogens with zero attached hydrogens (tertiary/aromatic N) is 1. The molecule has 0 aliphatic carbocycles. The van der Waals surface area contributed by atoms with Gasteiger partial charge in [-0.05, 0) is 37.4 Å². The molecular formula is C15H20ClFN2O. The number of amides is 1. The summed E-state index contributed by atoms with van der Waals surface area (Å²) in [4.78, 5) is 14.3. The lowest BCUT2D eigenvalue weighted by atomic mass is 10.0. The van der Waals surface area contributed by atoms with Crippen LogP contribution < -0.4 is 5.32 Å². The number of likely N-dealkylation sites (tertiary alicyclic amines) is 1. The van der Waals surface area contributed by atoms with Crippen molar-refractivity contribution in [2.45, 2.75) is 19.8 Å². The summed E-state index contributed by atoms with van der Waals surface area (Å²) in [5, 5.41) is 2.89. The number of hydrogen-bond donors (Lipinski definition) is 1. The van der Waals surface area contributed by atoms with Crippen LogP contribution >= 0.6 is 11.6 Å². The van der Waals surface area contributed by atoms with Crippen molar-refractivity contribution in [1.29, 1.82) is 0 Å². The molecule has 0 aromatic heterocycles. The standard InChI is InChI=1S/C15H20ClFN2O/c1-11-4-3-8-19(10-11)9-7-18-15(20)14-12(16)5-2-6-13(14)17/h2,5-6,11H,3-4,7-10H2,1H3,(H,18,20)/t11-/m1/s1. The van der Waals surface area contributed by atoms with Crippen molar-refractivity contribution in [3.05, 3.63) is 34.6 Å². The van der Waals surface area contributed by atoms with E-state index in [2.05, 4.69) is 17.1 Å². The van der Waals surface area contributed by atoms with Crippen LogP contribution in [-0.4, -0.2) is 37.0 Å². The molecule has 1 heterocycles. The van der Waals surface area contributed by atoms with Gasteiger partial charge < -0.3 is 10.2 Å². The Bertz CT molecular complexity index is 461. The lowest BCUT2D eigenvalue weighted by Gasteiger charge is -2.30. The maximum Gasteiger partial charge on any atom is 0.255 e. The third-order valence-corrected chi connectivity index (χ3v) is 3.96. The smallest absolute Gasteiger partial charge is 0.255 e. The van der Waals surface area contributed by atoms with Crippen LogP contribution in [0.5, 0.6) is 0 Å². The molecule has 110 valence electrons. The lowest BCUT2D eigenvalue weighted by molar-refractivity contribution is 0.0940. The molecule has 1 saturated heterocycles. The summed E-state index contributed by atoms with van der Waals surface area (Å²) >= 11 is 5.86. The molecule has 0 saturated carbocycles. The van der Waals surface area contributed by atoms with Gasteiger partial charge in [-0.2, -0.15) is 0 Å². The molecule has 1 atom stereocenters. The number of rotatable bonds is 4. The van der Waals surface area contributed by atoms with E-state index in [-0.39, 0.29) is 10.6 Å². The molecule has 0 radical (unpaired) electrons. The zero-order valence-electron chi connectivity index (χ0n) is 11.7. The summed E-state index contributed by atoms with van der Waals surface area (Å²) < 4.78 is 13.6. The van der Waals surface area contributed by atoms with E-state index < -0.39 is 11.7 Å². The minimum atomic E-state index is -0.582. The molecule has 2 rings (SSSR count). The van der Waals surface area contributed by atoms with Crippen LogP contribution in [0.1, 0.15) is 30.1 Å². The summed E-state index contributed by atoms with van der Waals surface area (Å²) in [5.41, 5.74) is -0.0684. The van der Waals surface area contributed by atoms with E-state index >= 15 is 0 Å². The van der Waals surface area contributed by atoms with E-state index in [4.69, 9.17) is 11.6 Å². The molecule has 1 N–H and O–H groups in total. The molecular weight excluding hydrogens is 279 g/mol. The van der Waals surface area contributed by atoms with E-state index in [0.29, 0.717) is 12.5 Å². The van der Waals surface area contributed by atoms with Gasteiger partial charge in [-0.3, -0.25) is 4.79 Å². The number of carbonyl (C=O) groups excluding carboxylic acids is 1. The number of halogens is 2. The first-order chi connectivity index (χ1) is 9.58. The van der Waals surface area contributed by atoms with E-state index in [1.54, 1.807) is 0 Å². The van der Waals surface area contributed by atoms with Crippen molar-refractivity contribution in [3.8, 4) is 0 Å². The molecule has 0 bridgehead atoms. The monoisotopic (exact) mass is 298 g/mol. The molecule has 0 spiro atoms. The summed E-state index contributed by atoms with van der Waals surface area (Å²) in [6.45, 7) is 5.68. The second-order valence-corrected chi connectivity index (χ2v) is 5.81. The van der Waals surface area contributed by atoms with Crippen LogP contribution in [0.15, 0.2) is 18.2 Å². The van der Waals surface area contributed by atoms with Gasteiger partial charge in [0.2, 0.25) is 0 Å². The SMILES string of the molecule is C[C@@H]1CCCN(CCNC(=O)c2c(F)cccc2Cl)C1. The molecule has 1 fully saturated rings. The van der Waals surface area contributed by atoms with Gasteiger partial charge in [-0.15, -0.1) is 0 Å². The zero-order valence-corrected chi connectivity index (χ0v) is 12.4. The van der Waals surface area contributed by atoms with E-state index in [1.807, 2.05) is 0 Å². The van der Waals surface area contributed by atoms with Crippen LogP contribution in [0.2, 0.25) is 5.02 Å². The Morgan fingerprint density at radius 2 is 2.35 bits per heavy atom. The lowest BCUT2D eigenvalue weighted by Crippen LogP contribution is -2.40. The van der Waals surface area contributed by atoms with Crippen LogP contribution in [0.25, 0.3) is 0 Å². The molecule has 1 aliphatic heterocycles. The fraction of sp³-hybridized carbons (Fsp3) is 0.533. The number of hydrogen-bond acceptors (Lipinski definition) is 2. The second-order valence-electron chi connectivity index (χ2n) is 5.40. The Morgan fingerprint density at radius 1 is 1.55 bits per heavy atom. The fourth-order valence-corrected chi connectivity index (χ4v) is 2.87. The molecule has 3 nitrogen and oxygen atoms in total. The van der Waals surface area contributed by atoms with Crippen molar-refractivity contribution in [3.63, 3.8) is 0 Å². The third-order valence-electron chi connectivity index (χ3n) is 3.64. The maximum atomic E-state index is 13.6. The van der Waals surface area contributed by atoms with E-state index in [0.717, 1.165) is 19.6 Å². The highest BCUT2D eigenvalue weighted by molar-refractivity contribution is 6.33. The van der Waals surface area contributed by atoms with Crippen LogP contribution in [-0.2, 0) is 0 Å². The average Bonchev–Trinajstić information content (AvgIpc) is 2.38. The zero-order chi connectivity index (χ0) is 14.5. The summed E-state index contributed by atoms with van der Waals surface area (Å²) in [5.74, 6) is -0.319. The number of benzene rings is 1. The largest absolute Gasteiger partial charge is 0.351 e. The Morgan fingerprint density at radius 3 is 3.05 bits per heavy atom. The molecule has 1 aliphatic rings. The summed E-state index contributed by atoms with van der Waals surface area (Å²) in [6, 6.07) is 4.25. The molecule has 1 aromatic rings. The summed E-state index contributed by atoms with van der Waals surface area (Å²) in [7, 11) is 0. The van der Waals surface area contributed by atoms with Gasteiger partial charge in [-0.1, -0.05) is 24.6 Å². The Hall–Kier alpha value is -1.13. The van der Waals surface area contributed by atoms with Crippen molar-refractivity contribution < 1.29 is 9.18 Å². The van der Waals surface area contributed by atoms with Crippen LogP contribution in [0.3, 0.4) is 0 Å². The first-order valence-corrected chi connectivity index (χ1v) is 7.40. The predicted octanol–water partition coefficient (Wildman–Crippen LogP) is 2.94. The van der Waals surface area contributed by atoms with Crippen LogP contribution in [0.4, 0.5) is 4.39 Å². The Labute approximate surface area is 124 Å². The average molecular weight is 299 g/mol. The highest BCUT2D eigenvalue weighted by atomic mass is 35.5. The molecule has 5 heteroatoms. The van der Waals surface area contributed by atoms with Crippen molar-refractivity contribution >= 4 is 17.5 Å². The van der Waals surface area contributed by atoms with Gasteiger partial charge in [0.1, 0.15) is 5.82 Å². The van der Waals surface area contributed by atoms with Gasteiger partial charge in [0, 0.05) is 19.6 Å². The van der Waals surface area contributed by atoms with Crippen molar-refractivity contribution in [2.75, 3.05) is 26.2 Å². The maximum absolute atomic E-state index is 13.6. The van der Waals surface area contributed by atoms with Gasteiger partial charge in [0.15, 0.2) is 0 Å². The third kappa shape index (κ3) is 3.93. The van der Waals surface area contributed by atoms with E-state index in [9.17, 15) is 9.18 Å². The molecule has 1 aromatic carbocycles. The fourth-order valence-electron chi connectivity index (χ4n) is 2.62. The van der Waals surface area contributed by atoms with Crippen molar-refractivity contribution in [2.24, 2.45) is 5.92 Å². The van der Waals surface area contributed by atoms with Gasteiger partial charge in [-0.25, -0.2) is 4.39 Å². The topological polar surface area (TPSA) is 32.3 Å². The number of piperidine rings is 1. The number of nitrogens with one attached hydrogen (secondary N) is 1. The minimum absolute atomic E-state index is 0.0684. The van der Waals surface area contributed by atoms with Gasteiger partial charge in [0.25, 0.3) is 5.91 Å². The van der Waals surface area contributed by atoms with Gasteiger partial charge in [0.05, 0.1) is 10.6 Å². The predicted molar refractivity (Wildman–Crippen MR) is 78.6 cm³/mol. The van der Waals surface area contributed by atoms with Crippen molar-refractivity contribution in [1.82, 2.24) is 10.2 Å². The number of carbonyl (C=O) groups is 1. The molecule has 1 amide bonds. The van der Waals surface area contributed by atoms with Crippen LogP contribution in [0, 0.1) is 11.7 Å².